The fourth-order valence-corrected chi connectivity index (χ4v) is 3.42. The van der Waals surface area contributed by atoms with E-state index < -0.39 is 0 Å². The van der Waals surface area contributed by atoms with Gasteiger partial charge >= 0.3 is 0 Å². The van der Waals surface area contributed by atoms with Gasteiger partial charge in [-0.3, -0.25) is 4.79 Å². The summed E-state index contributed by atoms with van der Waals surface area (Å²) in [5.41, 5.74) is 2.38. The van der Waals surface area contributed by atoms with Crippen molar-refractivity contribution in [2.45, 2.75) is 13.3 Å². The van der Waals surface area contributed by atoms with Crippen LogP contribution in [0.4, 0.5) is 17.5 Å². The predicted octanol–water partition coefficient (Wildman–Crippen LogP) is 3.01. The van der Waals surface area contributed by atoms with Crippen molar-refractivity contribution in [3.63, 3.8) is 0 Å². The number of pyridine rings is 1. The van der Waals surface area contributed by atoms with E-state index in [9.17, 15) is 4.79 Å². The standard InChI is InChI=1S/C22H24N6O/c1-2-17-7-3-4-8-19(17)26-21(29)18-15-24-22(25-16-18)28-13-11-27(12-14-28)20-9-5-6-10-23-20/h3-10,15-16H,2,11-14H2,1H3,(H,26,29). The minimum atomic E-state index is -0.197. The molecule has 4 rings (SSSR count). The first-order valence-corrected chi connectivity index (χ1v) is 9.87. The maximum Gasteiger partial charge on any atom is 0.258 e. The molecule has 1 aliphatic rings. The largest absolute Gasteiger partial charge is 0.353 e. The molecule has 0 atom stereocenters. The van der Waals surface area contributed by atoms with Crippen LogP contribution in [0.25, 0.3) is 0 Å². The van der Waals surface area contributed by atoms with Crippen molar-refractivity contribution >= 4 is 23.4 Å². The summed E-state index contributed by atoms with van der Waals surface area (Å²) in [6.45, 7) is 5.40. The lowest BCUT2D eigenvalue weighted by Gasteiger charge is -2.35. The number of piperazine rings is 1. The molecule has 148 valence electrons. The first-order chi connectivity index (χ1) is 14.2. The molecule has 1 saturated heterocycles. The maximum atomic E-state index is 12.6. The summed E-state index contributed by atoms with van der Waals surface area (Å²) in [4.78, 5) is 30.2. The van der Waals surface area contributed by atoms with Crippen molar-refractivity contribution in [3.05, 3.63) is 72.2 Å². The second-order valence-electron chi connectivity index (χ2n) is 6.90. The van der Waals surface area contributed by atoms with E-state index in [0.29, 0.717) is 11.5 Å². The molecule has 0 saturated carbocycles. The summed E-state index contributed by atoms with van der Waals surface area (Å²) in [6, 6.07) is 13.8. The van der Waals surface area contributed by atoms with E-state index in [1.54, 1.807) is 12.4 Å². The average molecular weight is 388 g/mol. The van der Waals surface area contributed by atoms with Gasteiger partial charge in [0.05, 0.1) is 5.56 Å². The Morgan fingerprint density at radius 2 is 1.62 bits per heavy atom. The minimum Gasteiger partial charge on any atom is -0.353 e. The van der Waals surface area contributed by atoms with Crippen LogP contribution in [0.5, 0.6) is 0 Å². The summed E-state index contributed by atoms with van der Waals surface area (Å²) in [5, 5.41) is 2.95. The Kier molecular flexibility index (Phi) is 5.65. The number of hydrogen-bond donors (Lipinski definition) is 1. The van der Waals surface area contributed by atoms with Gasteiger partial charge in [-0.15, -0.1) is 0 Å². The van der Waals surface area contributed by atoms with Gasteiger partial charge in [0, 0.05) is 50.5 Å². The van der Waals surface area contributed by atoms with Gasteiger partial charge in [-0.1, -0.05) is 31.2 Å². The summed E-state index contributed by atoms with van der Waals surface area (Å²) < 4.78 is 0. The van der Waals surface area contributed by atoms with Crippen LogP contribution in [0.2, 0.25) is 0 Å². The number of nitrogens with one attached hydrogen (secondary N) is 1. The lowest BCUT2D eigenvalue weighted by atomic mass is 10.1. The number of carbonyl (C=O) groups excluding carboxylic acids is 1. The molecule has 7 heteroatoms. The molecule has 1 aromatic carbocycles. The summed E-state index contributed by atoms with van der Waals surface area (Å²) in [6.07, 6.45) is 5.86. The van der Waals surface area contributed by atoms with Gasteiger partial charge in [-0.05, 0) is 30.2 Å². The Bertz CT molecular complexity index is 953. The second-order valence-corrected chi connectivity index (χ2v) is 6.90. The Labute approximate surface area is 170 Å². The number of aryl methyl sites for hydroxylation is 1. The van der Waals surface area contributed by atoms with E-state index in [-0.39, 0.29) is 5.91 Å². The van der Waals surface area contributed by atoms with E-state index in [1.807, 2.05) is 48.7 Å². The van der Waals surface area contributed by atoms with Crippen molar-refractivity contribution in [3.8, 4) is 0 Å². The highest BCUT2D eigenvalue weighted by atomic mass is 16.1. The van der Waals surface area contributed by atoms with Crippen LogP contribution in [0.15, 0.2) is 61.1 Å². The number of aromatic nitrogens is 3. The Morgan fingerprint density at radius 1 is 0.931 bits per heavy atom. The molecule has 1 N–H and O–H groups in total. The predicted molar refractivity (Wildman–Crippen MR) is 114 cm³/mol. The molecule has 1 amide bonds. The smallest absolute Gasteiger partial charge is 0.258 e. The number of hydrogen-bond acceptors (Lipinski definition) is 6. The number of rotatable bonds is 5. The van der Waals surface area contributed by atoms with E-state index >= 15 is 0 Å². The second kappa shape index (κ2) is 8.68. The molecule has 0 aliphatic carbocycles. The highest BCUT2D eigenvalue weighted by Gasteiger charge is 2.20. The van der Waals surface area contributed by atoms with Gasteiger partial charge < -0.3 is 15.1 Å². The molecule has 0 unspecified atom stereocenters. The summed E-state index contributed by atoms with van der Waals surface area (Å²) in [5.74, 6) is 1.45. The minimum absolute atomic E-state index is 0.197. The van der Waals surface area contributed by atoms with Crippen molar-refractivity contribution in [1.82, 2.24) is 15.0 Å². The quantitative estimate of drug-likeness (QED) is 0.724. The van der Waals surface area contributed by atoms with Crippen LogP contribution in [0.3, 0.4) is 0 Å². The van der Waals surface area contributed by atoms with Crippen LogP contribution in [0, 0.1) is 0 Å². The van der Waals surface area contributed by atoms with Crippen LogP contribution in [-0.2, 0) is 6.42 Å². The molecule has 29 heavy (non-hydrogen) atoms. The third kappa shape index (κ3) is 4.34. The Morgan fingerprint density at radius 3 is 2.31 bits per heavy atom. The lowest BCUT2D eigenvalue weighted by molar-refractivity contribution is 0.102. The number of para-hydroxylation sites is 1. The third-order valence-corrected chi connectivity index (χ3v) is 5.08. The first kappa shape index (κ1) is 18.9. The fourth-order valence-electron chi connectivity index (χ4n) is 3.42. The van der Waals surface area contributed by atoms with Gasteiger partial charge in [-0.2, -0.15) is 0 Å². The number of anilines is 3. The van der Waals surface area contributed by atoms with Crippen LogP contribution >= 0.6 is 0 Å². The van der Waals surface area contributed by atoms with Gasteiger partial charge in [0.25, 0.3) is 5.91 Å². The molecule has 0 spiro atoms. The fraction of sp³-hybridized carbons (Fsp3) is 0.273. The van der Waals surface area contributed by atoms with Crippen LogP contribution in [-0.4, -0.2) is 47.0 Å². The monoisotopic (exact) mass is 388 g/mol. The molecule has 1 aliphatic heterocycles. The molecule has 1 fully saturated rings. The topological polar surface area (TPSA) is 74.2 Å². The van der Waals surface area contributed by atoms with Gasteiger partial charge in [-0.25, -0.2) is 15.0 Å². The van der Waals surface area contributed by atoms with Crippen molar-refractivity contribution in [2.24, 2.45) is 0 Å². The lowest BCUT2D eigenvalue weighted by Crippen LogP contribution is -2.47. The number of carbonyl (C=O) groups is 1. The maximum absolute atomic E-state index is 12.6. The Balaban J connectivity index is 1.37. The molecule has 0 radical (unpaired) electrons. The molecule has 7 nitrogen and oxygen atoms in total. The normalized spacial score (nSPS) is 14.0. The zero-order chi connectivity index (χ0) is 20.1. The van der Waals surface area contributed by atoms with E-state index in [1.165, 1.54) is 0 Å². The SMILES string of the molecule is CCc1ccccc1NC(=O)c1cnc(N2CCN(c3ccccn3)CC2)nc1. The Hall–Kier alpha value is -3.48. The van der Waals surface area contributed by atoms with Gasteiger partial charge in [0.2, 0.25) is 5.95 Å². The van der Waals surface area contributed by atoms with E-state index in [4.69, 9.17) is 0 Å². The van der Waals surface area contributed by atoms with Crippen molar-refractivity contribution < 1.29 is 4.79 Å². The number of benzene rings is 1. The third-order valence-electron chi connectivity index (χ3n) is 5.08. The van der Waals surface area contributed by atoms with Gasteiger partial charge in [0.15, 0.2) is 0 Å². The number of amides is 1. The van der Waals surface area contributed by atoms with Crippen LogP contribution in [0.1, 0.15) is 22.8 Å². The highest BCUT2D eigenvalue weighted by Crippen LogP contribution is 2.18. The zero-order valence-corrected chi connectivity index (χ0v) is 16.5. The highest BCUT2D eigenvalue weighted by molar-refractivity contribution is 6.04. The first-order valence-electron chi connectivity index (χ1n) is 9.87. The zero-order valence-electron chi connectivity index (χ0n) is 16.5. The van der Waals surface area contributed by atoms with Crippen LogP contribution < -0.4 is 15.1 Å². The summed E-state index contributed by atoms with van der Waals surface area (Å²) >= 11 is 0. The summed E-state index contributed by atoms with van der Waals surface area (Å²) in [7, 11) is 0. The van der Waals surface area contributed by atoms with Crippen molar-refractivity contribution in [1.29, 1.82) is 0 Å². The molecule has 2 aromatic heterocycles. The van der Waals surface area contributed by atoms with E-state index in [0.717, 1.165) is 49.7 Å². The average Bonchev–Trinajstić information content (AvgIpc) is 2.80. The molecule has 3 aromatic rings. The molecule has 3 heterocycles. The molecule has 0 bridgehead atoms. The van der Waals surface area contributed by atoms with E-state index in [2.05, 4.69) is 37.0 Å². The molecular formula is C22H24N6O. The van der Waals surface area contributed by atoms with Gasteiger partial charge in [0.1, 0.15) is 5.82 Å². The number of nitrogens with zero attached hydrogens (tertiary/aromatic N) is 5. The molecular weight excluding hydrogens is 364 g/mol. The van der Waals surface area contributed by atoms with Crippen molar-refractivity contribution in [2.75, 3.05) is 41.3 Å².